The zero-order chi connectivity index (χ0) is 5.84. The van der Waals surface area contributed by atoms with Crippen LogP contribution in [0.4, 0.5) is 0 Å². The molecule has 1 aromatic carbocycles. The van der Waals surface area contributed by atoms with Gasteiger partial charge in [0.25, 0.3) is 0 Å². The second-order valence-electron chi connectivity index (χ2n) is 2.72. The minimum absolute atomic E-state index is 1.25. The molecule has 0 bridgehead atoms. The highest BCUT2D eigenvalue weighted by atomic mass is 14.3. The normalized spacial score (nSPS) is 16.0. The van der Waals surface area contributed by atoms with E-state index in [9.17, 15) is 0 Å². The second-order valence-corrected chi connectivity index (χ2v) is 2.72. The summed E-state index contributed by atoms with van der Waals surface area (Å²) in [5.74, 6) is 0. The molecule has 2 aliphatic rings. The predicted molar refractivity (Wildman–Crippen MR) is 38.2 cm³/mol. The van der Waals surface area contributed by atoms with Crippen LogP contribution in [0.5, 0.6) is 0 Å². The highest BCUT2D eigenvalue weighted by molar-refractivity contribution is 5.89. The molecule has 0 heteroatoms. The molecule has 0 saturated heterocycles. The Morgan fingerprint density at radius 1 is 1.11 bits per heavy atom. The standard InChI is InChI=1S/C9H6/c1-2-7-5-9(7)8-4-3-6(1)8/h1-4H,5H2. The van der Waals surface area contributed by atoms with Gasteiger partial charge < -0.3 is 0 Å². The van der Waals surface area contributed by atoms with Crippen LogP contribution < -0.4 is 0 Å². The summed E-state index contributed by atoms with van der Waals surface area (Å²) in [4.78, 5) is 0. The lowest BCUT2D eigenvalue weighted by Crippen LogP contribution is -1.86. The molecule has 0 aromatic heterocycles. The van der Waals surface area contributed by atoms with E-state index in [2.05, 4.69) is 24.3 Å². The van der Waals surface area contributed by atoms with Crippen molar-refractivity contribution in [3.63, 3.8) is 0 Å². The quantitative estimate of drug-likeness (QED) is 0.419. The highest BCUT2D eigenvalue weighted by Crippen LogP contribution is 2.39. The van der Waals surface area contributed by atoms with Crippen LogP contribution in [-0.4, -0.2) is 0 Å². The molecule has 9 heavy (non-hydrogen) atoms. The Balaban J connectivity index is 2.48. The lowest BCUT2D eigenvalue weighted by Gasteiger charge is -2.06. The maximum absolute atomic E-state index is 2.23. The third kappa shape index (κ3) is 0.325. The van der Waals surface area contributed by atoms with Crippen LogP contribution in [0.15, 0.2) is 12.1 Å². The van der Waals surface area contributed by atoms with Crippen LogP contribution in [0, 0.1) is 0 Å². The number of benzene rings is 1. The maximum atomic E-state index is 2.23. The molecule has 0 saturated carbocycles. The van der Waals surface area contributed by atoms with Crippen molar-refractivity contribution in [1.29, 1.82) is 0 Å². The lowest BCUT2D eigenvalue weighted by atomic mass is 9.98. The fourth-order valence-electron chi connectivity index (χ4n) is 1.45. The molecule has 0 spiro atoms. The van der Waals surface area contributed by atoms with Crippen molar-refractivity contribution in [3.8, 4) is 0 Å². The van der Waals surface area contributed by atoms with Crippen molar-refractivity contribution in [1.82, 2.24) is 0 Å². The summed E-state index contributed by atoms with van der Waals surface area (Å²) in [7, 11) is 0. The molecule has 1 aromatic rings. The minimum Gasteiger partial charge on any atom is -0.0578 e. The van der Waals surface area contributed by atoms with Crippen molar-refractivity contribution >= 4 is 12.2 Å². The third-order valence-electron chi connectivity index (χ3n) is 2.16. The van der Waals surface area contributed by atoms with Gasteiger partial charge in [-0.2, -0.15) is 0 Å². The molecular formula is C9H6. The van der Waals surface area contributed by atoms with Crippen molar-refractivity contribution in [2.45, 2.75) is 6.42 Å². The maximum Gasteiger partial charge on any atom is -0.00137 e. The Hall–Kier alpha value is -1.04. The van der Waals surface area contributed by atoms with Crippen molar-refractivity contribution in [3.05, 3.63) is 34.4 Å². The molecule has 0 aliphatic heterocycles. The molecule has 2 aliphatic carbocycles. The molecule has 0 unspecified atom stereocenters. The Morgan fingerprint density at radius 3 is 2.78 bits per heavy atom. The molecule has 0 atom stereocenters. The summed E-state index contributed by atoms with van der Waals surface area (Å²) in [6.07, 6.45) is 5.63. The van der Waals surface area contributed by atoms with E-state index in [-0.39, 0.29) is 0 Å². The van der Waals surface area contributed by atoms with Crippen LogP contribution >= 0.6 is 0 Å². The lowest BCUT2D eigenvalue weighted by molar-refractivity contribution is 1.56. The molecule has 42 valence electrons. The van der Waals surface area contributed by atoms with E-state index in [0.717, 1.165) is 0 Å². The predicted octanol–water partition coefficient (Wildman–Crippen LogP) is 2.07. The van der Waals surface area contributed by atoms with E-state index in [0.29, 0.717) is 0 Å². The molecule has 0 amide bonds. The summed E-state index contributed by atoms with van der Waals surface area (Å²) < 4.78 is 0. The summed E-state index contributed by atoms with van der Waals surface area (Å²) in [6.45, 7) is 0. The van der Waals surface area contributed by atoms with Crippen molar-refractivity contribution < 1.29 is 0 Å². The van der Waals surface area contributed by atoms with Gasteiger partial charge in [0.1, 0.15) is 0 Å². The van der Waals surface area contributed by atoms with Gasteiger partial charge in [0.2, 0.25) is 0 Å². The van der Waals surface area contributed by atoms with Gasteiger partial charge in [-0.3, -0.25) is 0 Å². The Kier molecular flexibility index (Phi) is 0.419. The van der Waals surface area contributed by atoms with Gasteiger partial charge >= 0.3 is 0 Å². The molecule has 0 heterocycles. The molecule has 0 fully saturated rings. The number of rotatable bonds is 0. The zero-order valence-electron chi connectivity index (χ0n) is 5.02. The number of hydrogen-bond acceptors (Lipinski definition) is 0. The van der Waals surface area contributed by atoms with E-state index < -0.39 is 0 Å². The first-order valence-corrected chi connectivity index (χ1v) is 3.28. The fraction of sp³-hybridized carbons (Fsp3) is 0.111. The van der Waals surface area contributed by atoms with Gasteiger partial charge in [-0.1, -0.05) is 24.3 Å². The van der Waals surface area contributed by atoms with Crippen LogP contribution in [0.25, 0.3) is 12.2 Å². The van der Waals surface area contributed by atoms with E-state index in [1.807, 2.05) is 0 Å². The highest BCUT2D eigenvalue weighted by Gasteiger charge is 2.23. The number of fused-ring (bicyclic) bond motifs is 3. The van der Waals surface area contributed by atoms with Gasteiger partial charge in [-0.15, -0.1) is 0 Å². The molecule has 0 N–H and O–H groups in total. The second kappa shape index (κ2) is 0.971. The SMILES string of the molecule is C1=Cc2c1ccc1c2C1. The molecular weight excluding hydrogens is 108 g/mol. The zero-order valence-corrected chi connectivity index (χ0v) is 5.02. The van der Waals surface area contributed by atoms with Crippen LogP contribution in [0.2, 0.25) is 0 Å². The summed E-state index contributed by atoms with van der Waals surface area (Å²) in [5.41, 5.74) is 6.09. The third-order valence-corrected chi connectivity index (χ3v) is 2.16. The average Bonchev–Trinajstić information content (AvgIpc) is 2.43. The first kappa shape index (κ1) is 3.89. The van der Waals surface area contributed by atoms with Crippen molar-refractivity contribution in [2.75, 3.05) is 0 Å². The van der Waals surface area contributed by atoms with E-state index in [1.54, 1.807) is 11.1 Å². The molecule has 0 radical (unpaired) electrons. The Bertz CT molecular complexity index is 319. The topological polar surface area (TPSA) is 0 Å². The number of hydrogen-bond donors (Lipinski definition) is 0. The minimum atomic E-state index is 1.25. The molecule has 0 nitrogen and oxygen atoms in total. The smallest absolute Gasteiger partial charge is 0.00137 e. The Morgan fingerprint density at radius 2 is 2.11 bits per heavy atom. The van der Waals surface area contributed by atoms with E-state index in [4.69, 9.17) is 0 Å². The van der Waals surface area contributed by atoms with Crippen LogP contribution in [-0.2, 0) is 6.42 Å². The van der Waals surface area contributed by atoms with Gasteiger partial charge in [-0.25, -0.2) is 0 Å². The summed E-state index contributed by atoms with van der Waals surface area (Å²) in [6, 6.07) is 4.44. The van der Waals surface area contributed by atoms with Gasteiger partial charge in [-0.05, 0) is 28.7 Å². The van der Waals surface area contributed by atoms with Crippen molar-refractivity contribution in [2.24, 2.45) is 0 Å². The monoisotopic (exact) mass is 114 g/mol. The summed E-state index contributed by atoms with van der Waals surface area (Å²) in [5, 5.41) is 0. The first-order valence-electron chi connectivity index (χ1n) is 3.28. The molecule has 3 rings (SSSR count). The van der Waals surface area contributed by atoms with Gasteiger partial charge in [0, 0.05) is 0 Å². The summed E-state index contributed by atoms with van der Waals surface area (Å²) >= 11 is 0. The largest absolute Gasteiger partial charge is 0.0578 e. The Labute approximate surface area is 53.8 Å². The fourth-order valence-corrected chi connectivity index (χ4v) is 1.45. The first-order chi connectivity index (χ1) is 4.45. The van der Waals surface area contributed by atoms with Gasteiger partial charge in [0.05, 0.1) is 0 Å². The average molecular weight is 114 g/mol. The van der Waals surface area contributed by atoms with Crippen LogP contribution in [0.1, 0.15) is 22.3 Å². The van der Waals surface area contributed by atoms with E-state index >= 15 is 0 Å². The van der Waals surface area contributed by atoms with Crippen LogP contribution in [0.3, 0.4) is 0 Å². The van der Waals surface area contributed by atoms with E-state index in [1.165, 1.54) is 17.5 Å². The van der Waals surface area contributed by atoms with Gasteiger partial charge in [0.15, 0.2) is 0 Å².